The Balaban J connectivity index is 2.34. The lowest BCUT2D eigenvalue weighted by Gasteiger charge is -2.18. The molecule has 1 aromatic rings. The predicted molar refractivity (Wildman–Crippen MR) is 66.0 cm³/mol. The minimum Gasteiger partial charge on any atom is -0.496 e. The summed E-state index contributed by atoms with van der Waals surface area (Å²) in [6, 6.07) is 5.59. The standard InChI is InChI=1S/C14H15NO2/c1-4-10-5-8-13(17-3)12(9-10)14(16)15(2)11-6-7-11/h1,5,8-9,11H,6-7H2,2-3H3. The van der Waals surface area contributed by atoms with Crippen LogP contribution >= 0.6 is 0 Å². The van der Waals surface area contributed by atoms with Crippen molar-refractivity contribution in [3.8, 4) is 18.1 Å². The Bertz CT molecular complexity index is 483. The van der Waals surface area contributed by atoms with E-state index in [1.54, 1.807) is 30.2 Å². The van der Waals surface area contributed by atoms with Crippen LogP contribution in [0.3, 0.4) is 0 Å². The van der Waals surface area contributed by atoms with E-state index in [9.17, 15) is 4.79 Å². The summed E-state index contributed by atoms with van der Waals surface area (Å²) in [5, 5.41) is 0. The van der Waals surface area contributed by atoms with E-state index >= 15 is 0 Å². The summed E-state index contributed by atoms with van der Waals surface area (Å²) in [6.07, 6.45) is 7.51. The first-order valence-electron chi connectivity index (χ1n) is 5.59. The molecule has 0 saturated heterocycles. The second-order valence-electron chi connectivity index (χ2n) is 4.21. The van der Waals surface area contributed by atoms with Crippen molar-refractivity contribution in [2.45, 2.75) is 18.9 Å². The minimum atomic E-state index is -0.0264. The fourth-order valence-electron chi connectivity index (χ4n) is 1.78. The lowest BCUT2D eigenvalue weighted by atomic mass is 10.1. The third-order valence-corrected chi connectivity index (χ3v) is 3.01. The van der Waals surface area contributed by atoms with E-state index in [4.69, 9.17) is 11.2 Å². The van der Waals surface area contributed by atoms with Crippen LogP contribution in [0.15, 0.2) is 18.2 Å². The molecule has 2 rings (SSSR count). The SMILES string of the molecule is C#Cc1ccc(OC)c(C(=O)N(C)C2CC2)c1. The Morgan fingerprint density at radius 3 is 2.76 bits per heavy atom. The summed E-state index contributed by atoms with van der Waals surface area (Å²) >= 11 is 0. The van der Waals surface area contributed by atoms with E-state index in [0.29, 0.717) is 22.9 Å². The first kappa shape index (κ1) is 11.5. The van der Waals surface area contributed by atoms with Crippen LogP contribution < -0.4 is 4.74 Å². The lowest BCUT2D eigenvalue weighted by molar-refractivity contribution is 0.0781. The molecule has 0 atom stereocenters. The van der Waals surface area contributed by atoms with Gasteiger partial charge in [-0.3, -0.25) is 4.79 Å². The maximum atomic E-state index is 12.3. The number of terminal acetylenes is 1. The molecule has 0 heterocycles. The molecular formula is C14H15NO2. The van der Waals surface area contributed by atoms with Gasteiger partial charge < -0.3 is 9.64 Å². The van der Waals surface area contributed by atoms with Crippen LogP contribution in [0.25, 0.3) is 0 Å². The zero-order chi connectivity index (χ0) is 12.4. The number of benzene rings is 1. The zero-order valence-corrected chi connectivity index (χ0v) is 10.1. The van der Waals surface area contributed by atoms with Gasteiger partial charge in [-0.15, -0.1) is 6.42 Å². The molecule has 0 spiro atoms. The Hall–Kier alpha value is -1.95. The van der Waals surface area contributed by atoms with E-state index in [2.05, 4.69) is 5.92 Å². The van der Waals surface area contributed by atoms with E-state index in [-0.39, 0.29) is 5.91 Å². The average Bonchev–Trinajstić information content (AvgIpc) is 3.20. The summed E-state index contributed by atoms with van der Waals surface area (Å²) in [6.45, 7) is 0. The summed E-state index contributed by atoms with van der Waals surface area (Å²) in [5.74, 6) is 3.08. The van der Waals surface area contributed by atoms with Crippen molar-refractivity contribution in [1.29, 1.82) is 0 Å². The van der Waals surface area contributed by atoms with Crippen LogP contribution in [0.1, 0.15) is 28.8 Å². The molecule has 0 unspecified atom stereocenters. The summed E-state index contributed by atoms with van der Waals surface area (Å²) < 4.78 is 5.20. The van der Waals surface area contributed by atoms with Crippen LogP contribution in [0.4, 0.5) is 0 Å². The van der Waals surface area contributed by atoms with Crippen molar-refractivity contribution in [3.63, 3.8) is 0 Å². The smallest absolute Gasteiger partial charge is 0.257 e. The van der Waals surface area contributed by atoms with Crippen molar-refractivity contribution in [1.82, 2.24) is 4.90 Å². The molecule has 1 aromatic carbocycles. The van der Waals surface area contributed by atoms with Crippen LogP contribution in [0.5, 0.6) is 5.75 Å². The molecule has 0 aromatic heterocycles. The number of rotatable bonds is 3. The molecule has 0 bridgehead atoms. The molecule has 1 fully saturated rings. The molecule has 0 aliphatic heterocycles. The molecule has 1 amide bonds. The van der Waals surface area contributed by atoms with Crippen molar-refractivity contribution in [3.05, 3.63) is 29.3 Å². The highest BCUT2D eigenvalue weighted by Gasteiger charge is 2.31. The zero-order valence-electron chi connectivity index (χ0n) is 10.1. The summed E-state index contributed by atoms with van der Waals surface area (Å²) in [7, 11) is 3.38. The molecule has 0 N–H and O–H groups in total. The Morgan fingerprint density at radius 1 is 1.53 bits per heavy atom. The van der Waals surface area contributed by atoms with E-state index < -0.39 is 0 Å². The molecule has 17 heavy (non-hydrogen) atoms. The fraction of sp³-hybridized carbons (Fsp3) is 0.357. The molecular weight excluding hydrogens is 214 g/mol. The second-order valence-corrected chi connectivity index (χ2v) is 4.21. The number of ether oxygens (including phenoxy) is 1. The molecule has 3 nitrogen and oxygen atoms in total. The summed E-state index contributed by atoms with van der Waals surface area (Å²) in [5.41, 5.74) is 1.23. The molecule has 1 saturated carbocycles. The number of amides is 1. The van der Waals surface area contributed by atoms with Gasteiger partial charge in [0.25, 0.3) is 5.91 Å². The lowest BCUT2D eigenvalue weighted by Crippen LogP contribution is -2.29. The molecule has 0 radical (unpaired) electrons. The van der Waals surface area contributed by atoms with Gasteiger partial charge in [0.2, 0.25) is 0 Å². The van der Waals surface area contributed by atoms with Crippen molar-refractivity contribution >= 4 is 5.91 Å². The number of nitrogens with zero attached hydrogens (tertiary/aromatic N) is 1. The van der Waals surface area contributed by atoms with Crippen LogP contribution in [0.2, 0.25) is 0 Å². The normalized spacial score (nSPS) is 13.9. The van der Waals surface area contributed by atoms with E-state index in [1.165, 1.54) is 0 Å². The quantitative estimate of drug-likeness (QED) is 0.741. The maximum Gasteiger partial charge on any atom is 0.257 e. The number of hydrogen-bond acceptors (Lipinski definition) is 2. The Kier molecular flexibility index (Phi) is 3.06. The second kappa shape index (κ2) is 4.50. The van der Waals surface area contributed by atoms with Gasteiger partial charge in [0.15, 0.2) is 0 Å². The van der Waals surface area contributed by atoms with Gasteiger partial charge >= 0.3 is 0 Å². The molecule has 3 heteroatoms. The van der Waals surface area contributed by atoms with Crippen LogP contribution in [-0.4, -0.2) is 31.0 Å². The Labute approximate surface area is 101 Å². The fourth-order valence-corrected chi connectivity index (χ4v) is 1.78. The van der Waals surface area contributed by atoms with Gasteiger partial charge in [-0.1, -0.05) is 5.92 Å². The van der Waals surface area contributed by atoms with Gasteiger partial charge in [-0.05, 0) is 31.0 Å². The van der Waals surface area contributed by atoms with Crippen LogP contribution in [-0.2, 0) is 0 Å². The molecule has 88 valence electrons. The first-order chi connectivity index (χ1) is 8.17. The predicted octanol–water partition coefficient (Wildman–Crippen LogP) is 1.91. The number of carbonyl (C=O) groups is 1. The van der Waals surface area contributed by atoms with Gasteiger partial charge in [0.1, 0.15) is 5.75 Å². The van der Waals surface area contributed by atoms with Gasteiger partial charge in [-0.2, -0.15) is 0 Å². The highest BCUT2D eigenvalue weighted by molar-refractivity contribution is 5.97. The topological polar surface area (TPSA) is 29.5 Å². The Morgan fingerprint density at radius 2 is 2.24 bits per heavy atom. The van der Waals surface area contributed by atoms with E-state index in [1.807, 2.05) is 7.05 Å². The van der Waals surface area contributed by atoms with Gasteiger partial charge in [0, 0.05) is 18.7 Å². The third kappa shape index (κ3) is 2.26. The molecule has 1 aliphatic carbocycles. The number of methoxy groups -OCH3 is 1. The average molecular weight is 229 g/mol. The maximum absolute atomic E-state index is 12.3. The number of hydrogen-bond donors (Lipinski definition) is 0. The van der Waals surface area contributed by atoms with Crippen molar-refractivity contribution in [2.75, 3.05) is 14.2 Å². The monoisotopic (exact) mass is 229 g/mol. The number of carbonyl (C=O) groups excluding carboxylic acids is 1. The van der Waals surface area contributed by atoms with Crippen molar-refractivity contribution in [2.24, 2.45) is 0 Å². The largest absolute Gasteiger partial charge is 0.496 e. The first-order valence-corrected chi connectivity index (χ1v) is 5.59. The van der Waals surface area contributed by atoms with Gasteiger partial charge in [0.05, 0.1) is 12.7 Å². The molecule has 1 aliphatic rings. The summed E-state index contributed by atoms with van der Waals surface area (Å²) in [4.78, 5) is 14.0. The third-order valence-electron chi connectivity index (χ3n) is 3.01. The van der Waals surface area contributed by atoms with Crippen molar-refractivity contribution < 1.29 is 9.53 Å². The minimum absolute atomic E-state index is 0.0264. The highest BCUT2D eigenvalue weighted by atomic mass is 16.5. The highest BCUT2D eigenvalue weighted by Crippen LogP contribution is 2.29. The van der Waals surface area contributed by atoms with Gasteiger partial charge in [-0.25, -0.2) is 0 Å². The van der Waals surface area contributed by atoms with Crippen LogP contribution in [0, 0.1) is 12.3 Å². The van der Waals surface area contributed by atoms with E-state index in [0.717, 1.165) is 12.8 Å².